The first-order valence-corrected chi connectivity index (χ1v) is 9.17. The molecule has 0 radical (unpaired) electrons. The molecule has 0 saturated carbocycles. The fraction of sp³-hybridized carbons (Fsp3) is 0.261. The number of hydrogen-bond acceptors (Lipinski definition) is 3. The highest BCUT2D eigenvalue weighted by atomic mass is 16.5. The second kappa shape index (κ2) is 6.83. The van der Waals surface area contributed by atoms with Crippen LogP contribution in [-0.4, -0.2) is 19.0 Å². The zero-order valence-corrected chi connectivity index (χ0v) is 15.1. The Morgan fingerprint density at radius 2 is 1.69 bits per heavy atom. The van der Waals surface area contributed by atoms with Gasteiger partial charge >= 0.3 is 0 Å². The van der Waals surface area contributed by atoms with Crippen molar-refractivity contribution in [3.8, 4) is 11.5 Å². The summed E-state index contributed by atoms with van der Waals surface area (Å²) in [7, 11) is 0. The van der Waals surface area contributed by atoms with Crippen molar-refractivity contribution in [1.29, 1.82) is 0 Å². The Morgan fingerprint density at radius 1 is 0.923 bits per heavy atom. The molecule has 3 nitrogen and oxygen atoms in total. The van der Waals surface area contributed by atoms with Gasteiger partial charge in [-0.1, -0.05) is 30.3 Å². The maximum atomic E-state index is 12.9. The van der Waals surface area contributed by atoms with Gasteiger partial charge in [0.25, 0.3) is 0 Å². The fourth-order valence-corrected chi connectivity index (χ4v) is 3.89. The van der Waals surface area contributed by atoms with E-state index in [1.807, 2.05) is 50.2 Å². The smallest absolute Gasteiger partial charge is 0.164 e. The van der Waals surface area contributed by atoms with Gasteiger partial charge in [0, 0.05) is 28.7 Å². The highest BCUT2D eigenvalue weighted by Gasteiger charge is 2.33. The molecule has 0 aromatic heterocycles. The van der Waals surface area contributed by atoms with Gasteiger partial charge in [-0.15, -0.1) is 0 Å². The number of benzene rings is 3. The monoisotopic (exact) mass is 346 g/mol. The number of ether oxygens (including phenoxy) is 2. The molecule has 0 spiro atoms. The normalized spacial score (nSPS) is 15.9. The third-order valence-electron chi connectivity index (χ3n) is 4.96. The lowest BCUT2D eigenvalue weighted by Crippen LogP contribution is -2.00. The van der Waals surface area contributed by atoms with Crippen LogP contribution in [-0.2, 0) is 0 Å². The van der Waals surface area contributed by atoms with Gasteiger partial charge in [-0.2, -0.15) is 0 Å². The third kappa shape index (κ3) is 2.74. The Balaban J connectivity index is 1.96. The van der Waals surface area contributed by atoms with E-state index in [1.165, 1.54) is 5.56 Å². The van der Waals surface area contributed by atoms with Crippen LogP contribution < -0.4 is 9.47 Å². The molecule has 26 heavy (non-hydrogen) atoms. The molecule has 0 saturated heterocycles. The number of Topliss-reactive ketones (excluding diaryl/α,β-unsaturated/α-hetero) is 1. The molecule has 0 amide bonds. The highest BCUT2D eigenvalue weighted by Crippen LogP contribution is 2.45. The second-order valence-corrected chi connectivity index (χ2v) is 6.50. The van der Waals surface area contributed by atoms with E-state index in [-0.39, 0.29) is 11.7 Å². The molecule has 0 N–H and O–H groups in total. The van der Waals surface area contributed by atoms with Crippen LogP contribution in [0.2, 0.25) is 0 Å². The van der Waals surface area contributed by atoms with Gasteiger partial charge in [-0.3, -0.25) is 4.79 Å². The number of rotatable bonds is 5. The number of hydrogen-bond donors (Lipinski definition) is 0. The molecule has 4 rings (SSSR count). The van der Waals surface area contributed by atoms with E-state index in [9.17, 15) is 4.79 Å². The molecule has 0 fully saturated rings. The summed E-state index contributed by atoms with van der Waals surface area (Å²) in [5.41, 5.74) is 3.05. The van der Waals surface area contributed by atoms with E-state index < -0.39 is 0 Å². The van der Waals surface area contributed by atoms with Crippen LogP contribution in [0.3, 0.4) is 0 Å². The van der Waals surface area contributed by atoms with Crippen molar-refractivity contribution in [3.63, 3.8) is 0 Å². The van der Waals surface area contributed by atoms with Crippen LogP contribution in [0.25, 0.3) is 10.8 Å². The van der Waals surface area contributed by atoms with E-state index in [1.54, 1.807) is 0 Å². The molecule has 132 valence electrons. The van der Waals surface area contributed by atoms with Crippen molar-refractivity contribution in [3.05, 3.63) is 71.3 Å². The summed E-state index contributed by atoms with van der Waals surface area (Å²) >= 11 is 0. The summed E-state index contributed by atoms with van der Waals surface area (Å²) < 4.78 is 11.6. The van der Waals surface area contributed by atoms with Gasteiger partial charge < -0.3 is 9.47 Å². The Morgan fingerprint density at radius 3 is 2.42 bits per heavy atom. The van der Waals surface area contributed by atoms with E-state index in [4.69, 9.17) is 9.47 Å². The van der Waals surface area contributed by atoms with Crippen LogP contribution in [0.5, 0.6) is 11.5 Å². The van der Waals surface area contributed by atoms with Crippen LogP contribution in [0, 0.1) is 0 Å². The number of ketones is 1. The lowest BCUT2D eigenvalue weighted by atomic mass is 9.91. The zero-order chi connectivity index (χ0) is 18.1. The Bertz CT molecular complexity index is 960. The van der Waals surface area contributed by atoms with E-state index in [2.05, 4.69) is 18.2 Å². The molecular weight excluding hydrogens is 324 g/mol. The molecule has 1 unspecified atom stereocenters. The average Bonchev–Trinajstić information content (AvgIpc) is 3.00. The maximum Gasteiger partial charge on any atom is 0.164 e. The van der Waals surface area contributed by atoms with Gasteiger partial charge in [0.2, 0.25) is 0 Å². The largest absolute Gasteiger partial charge is 0.494 e. The Kier molecular flexibility index (Phi) is 4.37. The van der Waals surface area contributed by atoms with Crippen molar-refractivity contribution in [2.45, 2.75) is 26.2 Å². The van der Waals surface area contributed by atoms with Gasteiger partial charge in [-0.05, 0) is 49.2 Å². The second-order valence-electron chi connectivity index (χ2n) is 6.50. The summed E-state index contributed by atoms with van der Waals surface area (Å²) in [6.07, 6.45) is 0.503. The van der Waals surface area contributed by atoms with Gasteiger partial charge in [0.05, 0.1) is 13.2 Å². The quantitative estimate of drug-likeness (QED) is 0.624. The highest BCUT2D eigenvalue weighted by molar-refractivity contribution is 6.14. The number of carbonyl (C=O) groups excluding carboxylic acids is 1. The molecule has 0 heterocycles. The van der Waals surface area contributed by atoms with Crippen molar-refractivity contribution >= 4 is 16.6 Å². The molecule has 0 aliphatic heterocycles. The molecule has 1 aliphatic carbocycles. The van der Waals surface area contributed by atoms with Crippen molar-refractivity contribution in [2.75, 3.05) is 13.2 Å². The van der Waals surface area contributed by atoms with E-state index in [0.717, 1.165) is 33.4 Å². The maximum absolute atomic E-state index is 12.9. The molecule has 0 bridgehead atoms. The minimum atomic E-state index is 0.0815. The predicted octanol–water partition coefficient (Wildman–Crippen LogP) is 5.36. The van der Waals surface area contributed by atoms with Crippen molar-refractivity contribution < 1.29 is 14.3 Å². The summed E-state index contributed by atoms with van der Waals surface area (Å²) in [6.45, 7) is 5.12. The summed E-state index contributed by atoms with van der Waals surface area (Å²) in [4.78, 5) is 12.9. The van der Waals surface area contributed by atoms with E-state index in [0.29, 0.717) is 19.6 Å². The molecular formula is C23H22O3. The molecule has 1 aliphatic rings. The number of carbonyl (C=O) groups is 1. The molecule has 3 aromatic carbocycles. The van der Waals surface area contributed by atoms with Gasteiger partial charge in [-0.25, -0.2) is 0 Å². The summed E-state index contributed by atoms with van der Waals surface area (Å²) in [6, 6.07) is 18.2. The molecule has 3 aromatic rings. The number of fused-ring (bicyclic) bond motifs is 3. The Hall–Kier alpha value is -2.81. The lowest BCUT2D eigenvalue weighted by molar-refractivity contribution is 0.0993. The summed E-state index contributed by atoms with van der Waals surface area (Å²) in [5.74, 6) is 1.89. The average molecular weight is 346 g/mol. The van der Waals surface area contributed by atoms with Crippen LogP contribution in [0.15, 0.2) is 54.6 Å². The van der Waals surface area contributed by atoms with Crippen LogP contribution in [0.4, 0.5) is 0 Å². The first kappa shape index (κ1) is 16.6. The first-order valence-electron chi connectivity index (χ1n) is 9.17. The molecule has 3 heteroatoms. The van der Waals surface area contributed by atoms with Crippen molar-refractivity contribution in [2.24, 2.45) is 0 Å². The Labute approximate surface area is 153 Å². The van der Waals surface area contributed by atoms with Crippen LogP contribution >= 0.6 is 0 Å². The fourth-order valence-electron chi connectivity index (χ4n) is 3.89. The standard InChI is InChI=1S/C23H22O3/c1-3-25-16-10-11-17-19(12-16)23-20(14-22(17)26-4-2)18(13-21(23)24)15-8-6-5-7-9-15/h5-12,14,18H,3-4,13H2,1-2H3. The summed E-state index contributed by atoms with van der Waals surface area (Å²) in [5, 5.41) is 1.90. The SMILES string of the molecule is CCOc1ccc2c(OCC)cc3c(c2c1)C(=O)CC3c1ccccc1. The van der Waals surface area contributed by atoms with Gasteiger partial charge in [0.15, 0.2) is 5.78 Å². The van der Waals surface area contributed by atoms with E-state index >= 15 is 0 Å². The zero-order valence-electron chi connectivity index (χ0n) is 15.1. The van der Waals surface area contributed by atoms with Crippen molar-refractivity contribution in [1.82, 2.24) is 0 Å². The van der Waals surface area contributed by atoms with Gasteiger partial charge in [0.1, 0.15) is 11.5 Å². The third-order valence-corrected chi connectivity index (χ3v) is 4.96. The topological polar surface area (TPSA) is 35.5 Å². The van der Waals surface area contributed by atoms with Crippen LogP contribution in [0.1, 0.15) is 47.7 Å². The molecule has 1 atom stereocenters. The minimum absolute atomic E-state index is 0.0815. The first-order chi connectivity index (χ1) is 12.7. The minimum Gasteiger partial charge on any atom is -0.494 e. The predicted molar refractivity (Wildman–Crippen MR) is 104 cm³/mol. The lowest BCUT2D eigenvalue weighted by Gasteiger charge is -2.16.